The number of nitrogens with zero attached hydrogens (tertiary/aromatic N) is 7. The van der Waals surface area contributed by atoms with Crippen LogP contribution in [0.5, 0.6) is 11.5 Å². The maximum absolute atomic E-state index is 13.9. The lowest BCUT2D eigenvalue weighted by atomic mass is 9.78. The molecule has 0 aliphatic carbocycles. The van der Waals surface area contributed by atoms with E-state index in [2.05, 4.69) is 10.00 Å². The second-order valence-electron chi connectivity index (χ2n) is 12.7. The van der Waals surface area contributed by atoms with Crippen LogP contribution in [0, 0.1) is 19.3 Å². The van der Waals surface area contributed by atoms with E-state index in [4.69, 9.17) is 29.0 Å². The van der Waals surface area contributed by atoms with Gasteiger partial charge in [0.25, 0.3) is 0 Å². The van der Waals surface area contributed by atoms with E-state index in [0.717, 1.165) is 24.5 Å². The van der Waals surface area contributed by atoms with Crippen molar-refractivity contribution >= 4 is 23.4 Å². The van der Waals surface area contributed by atoms with Crippen molar-refractivity contribution in [2.75, 3.05) is 43.2 Å². The highest BCUT2D eigenvalue weighted by Crippen LogP contribution is 2.42. The number of fused-ring (bicyclic) bond motifs is 1. The summed E-state index contributed by atoms with van der Waals surface area (Å²) in [5, 5.41) is 9.28. The molecule has 6 rings (SSSR count). The molecule has 0 N–H and O–H groups in total. The highest BCUT2D eigenvalue weighted by molar-refractivity contribution is 5.90. The largest absolute Gasteiger partial charge is 0.493 e. The first kappa shape index (κ1) is 30.6. The van der Waals surface area contributed by atoms with E-state index in [1.165, 1.54) is 18.1 Å². The lowest BCUT2D eigenvalue weighted by Gasteiger charge is -2.55. The number of benzene rings is 1. The third-order valence-electron chi connectivity index (χ3n) is 7.90. The van der Waals surface area contributed by atoms with Gasteiger partial charge in [-0.25, -0.2) is 9.78 Å². The first-order valence-corrected chi connectivity index (χ1v) is 14.6. The van der Waals surface area contributed by atoms with Crippen LogP contribution in [0.2, 0.25) is 0 Å². The summed E-state index contributed by atoms with van der Waals surface area (Å²) < 4.78 is 51.3. The van der Waals surface area contributed by atoms with Crippen molar-refractivity contribution in [1.82, 2.24) is 24.4 Å². The summed E-state index contributed by atoms with van der Waals surface area (Å²) in [7, 11) is 3.21. The van der Waals surface area contributed by atoms with Gasteiger partial charge in [0.1, 0.15) is 17.2 Å². The minimum absolute atomic E-state index is 0.0988. The number of alkyl halides is 2. The fourth-order valence-corrected chi connectivity index (χ4v) is 5.84. The van der Waals surface area contributed by atoms with E-state index in [1.807, 2.05) is 46.9 Å². The van der Waals surface area contributed by atoms with E-state index in [0.29, 0.717) is 47.3 Å². The van der Waals surface area contributed by atoms with E-state index in [1.54, 1.807) is 28.3 Å². The molecule has 2 fully saturated rings. The molecule has 2 aliphatic heterocycles. The summed E-state index contributed by atoms with van der Waals surface area (Å²) in [5.41, 5.74) is 3.08. The standard InChI is InChI=1S/C31H37F2N7O5/c1-18-10-21(37(6)35-18)13-39(29(41)45-30(3,4)5)25-12-24(38-14-31(15-38)16-43-17-31)34-27-26(19(2)36-40(25)27)20-8-9-22(42-7)23(11-20)44-28(32)33/h8-12,28H,13-17H2,1-7H3. The molecule has 0 saturated carbocycles. The van der Waals surface area contributed by atoms with Crippen LogP contribution in [0.25, 0.3) is 16.8 Å². The number of halogens is 2. The average Bonchev–Trinajstić information content (AvgIpc) is 3.40. The summed E-state index contributed by atoms with van der Waals surface area (Å²) in [6, 6.07) is 8.53. The minimum atomic E-state index is -3.04. The van der Waals surface area contributed by atoms with Gasteiger partial charge in [0.15, 0.2) is 17.1 Å². The lowest BCUT2D eigenvalue weighted by molar-refractivity contribution is -0.127. The van der Waals surface area contributed by atoms with Crippen LogP contribution in [0.3, 0.4) is 0 Å². The fraction of sp³-hybridized carbons (Fsp3) is 0.484. The van der Waals surface area contributed by atoms with Gasteiger partial charge in [-0.15, -0.1) is 0 Å². The van der Waals surface area contributed by atoms with Crippen molar-refractivity contribution in [2.24, 2.45) is 12.5 Å². The number of hydrogen-bond donors (Lipinski definition) is 0. The van der Waals surface area contributed by atoms with Gasteiger partial charge >= 0.3 is 12.7 Å². The molecule has 12 nitrogen and oxygen atoms in total. The summed E-state index contributed by atoms with van der Waals surface area (Å²) in [5.74, 6) is 1.12. The Morgan fingerprint density at radius 2 is 1.84 bits per heavy atom. The van der Waals surface area contributed by atoms with Crippen LogP contribution in [0.4, 0.5) is 25.2 Å². The number of rotatable bonds is 8. The smallest absolute Gasteiger partial charge is 0.416 e. The Morgan fingerprint density at radius 3 is 2.42 bits per heavy atom. The third-order valence-corrected chi connectivity index (χ3v) is 7.90. The minimum Gasteiger partial charge on any atom is -0.493 e. The Balaban J connectivity index is 1.54. The van der Waals surface area contributed by atoms with Gasteiger partial charge in [-0.05, 0) is 58.4 Å². The van der Waals surface area contributed by atoms with Gasteiger partial charge in [0.05, 0.1) is 49.4 Å². The summed E-state index contributed by atoms with van der Waals surface area (Å²) in [6.45, 7) is 9.11. The predicted octanol–water partition coefficient (Wildman–Crippen LogP) is 5.13. The second-order valence-corrected chi connectivity index (χ2v) is 12.7. The van der Waals surface area contributed by atoms with Gasteiger partial charge < -0.3 is 23.8 Å². The van der Waals surface area contributed by atoms with Crippen molar-refractivity contribution in [1.29, 1.82) is 0 Å². The number of aromatic nitrogens is 5. The van der Waals surface area contributed by atoms with Crippen molar-refractivity contribution in [3.63, 3.8) is 0 Å². The zero-order valence-corrected chi connectivity index (χ0v) is 26.4. The molecule has 14 heteroatoms. The predicted molar refractivity (Wildman–Crippen MR) is 162 cm³/mol. The molecule has 3 aromatic heterocycles. The number of aryl methyl sites for hydroxylation is 3. The zero-order valence-electron chi connectivity index (χ0n) is 26.4. The molecule has 1 amide bonds. The van der Waals surface area contributed by atoms with Crippen LogP contribution in [0.15, 0.2) is 30.3 Å². The SMILES string of the molecule is COc1ccc(-c2c(C)nn3c(N(Cc4cc(C)nn4C)C(=O)OC(C)(C)C)cc(N4CC5(COC5)C4)nc23)cc1OC(F)F. The molecular weight excluding hydrogens is 588 g/mol. The summed E-state index contributed by atoms with van der Waals surface area (Å²) in [4.78, 5) is 22.6. The number of ether oxygens (including phenoxy) is 4. The van der Waals surface area contributed by atoms with Crippen LogP contribution < -0.4 is 19.3 Å². The van der Waals surface area contributed by atoms with Crippen LogP contribution >= 0.6 is 0 Å². The summed E-state index contributed by atoms with van der Waals surface area (Å²) >= 11 is 0. The number of carbonyl (C=O) groups excluding carboxylic acids is 1. The maximum atomic E-state index is 13.9. The first-order valence-electron chi connectivity index (χ1n) is 14.6. The van der Waals surface area contributed by atoms with Crippen LogP contribution in [0.1, 0.15) is 37.9 Å². The molecule has 1 spiro atoms. The lowest BCUT2D eigenvalue weighted by Crippen LogP contribution is -2.66. The van der Waals surface area contributed by atoms with E-state index in [9.17, 15) is 13.6 Å². The van der Waals surface area contributed by atoms with Crippen LogP contribution in [-0.4, -0.2) is 76.1 Å². The molecule has 45 heavy (non-hydrogen) atoms. The van der Waals surface area contributed by atoms with Gasteiger partial charge in [-0.3, -0.25) is 9.58 Å². The van der Waals surface area contributed by atoms with Crippen molar-refractivity contribution in [3.8, 4) is 22.6 Å². The molecule has 5 heterocycles. The van der Waals surface area contributed by atoms with E-state index < -0.39 is 18.3 Å². The Kier molecular flexibility index (Phi) is 7.58. The first-order chi connectivity index (χ1) is 21.3. The molecule has 2 aliphatic rings. The number of amides is 1. The van der Waals surface area contributed by atoms with Gasteiger partial charge in [-0.1, -0.05) is 6.07 Å². The van der Waals surface area contributed by atoms with E-state index in [-0.39, 0.29) is 23.5 Å². The fourth-order valence-electron chi connectivity index (χ4n) is 5.84. The van der Waals surface area contributed by atoms with Crippen LogP contribution in [-0.2, 0) is 23.1 Å². The van der Waals surface area contributed by atoms with Gasteiger partial charge in [0.2, 0.25) is 0 Å². The Bertz CT molecular complexity index is 1750. The zero-order chi connectivity index (χ0) is 32.3. The molecule has 0 unspecified atom stereocenters. The molecule has 4 aromatic rings. The maximum Gasteiger partial charge on any atom is 0.416 e. The topological polar surface area (TPSA) is 108 Å². The van der Waals surface area contributed by atoms with Crippen molar-refractivity contribution < 1.29 is 32.5 Å². The summed E-state index contributed by atoms with van der Waals surface area (Å²) in [6.07, 6.45) is -0.570. The molecule has 2 saturated heterocycles. The average molecular weight is 626 g/mol. The van der Waals surface area contributed by atoms with Gasteiger partial charge in [-0.2, -0.15) is 23.5 Å². The number of carbonyl (C=O) groups is 1. The van der Waals surface area contributed by atoms with Crippen molar-refractivity contribution in [3.05, 3.63) is 47.4 Å². The molecule has 240 valence electrons. The second kappa shape index (κ2) is 11.2. The highest BCUT2D eigenvalue weighted by Gasteiger charge is 2.49. The molecule has 0 atom stereocenters. The molecule has 0 radical (unpaired) electrons. The Labute approximate surface area is 259 Å². The van der Waals surface area contributed by atoms with E-state index >= 15 is 0 Å². The Hall–Kier alpha value is -4.46. The molecule has 0 bridgehead atoms. The van der Waals surface area contributed by atoms with Gasteiger partial charge in [0, 0.05) is 31.8 Å². The normalized spacial score (nSPS) is 15.7. The van der Waals surface area contributed by atoms with Crippen molar-refractivity contribution in [2.45, 2.75) is 53.4 Å². The number of hydrogen-bond acceptors (Lipinski definition) is 9. The third kappa shape index (κ3) is 5.86. The molecule has 1 aromatic carbocycles. The monoisotopic (exact) mass is 625 g/mol. The quantitative estimate of drug-likeness (QED) is 0.263. The Morgan fingerprint density at radius 1 is 1.11 bits per heavy atom. The molecular formula is C31H37F2N7O5. The number of methoxy groups -OCH3 is 1. The number of anilines is 2. The highest BCUT2D eigenvalue weighted by atomic mass is 19.3.